The second-order valence-corrected chi connectivity index (χ2v) is 24.0. The molecule has 95 heavy (non-hydrogen) atoms. The van der Waals surface area contributed by atoms with Crippen molar-refractivity contribution < 1.29 is 63.0 Å². The lowest BCUT2D eigenvalue weighted by atomic mass is 9.99. The third-order valence-corrected chi connectivity index (χ3v) is 16.4. The zero-order valence-electron chi connectivity index (χ0n) is 52.6. The van der Waals surface area contributed by atoms with Gasteiger partial charge in [0.2, 0.25) is 65.0 Å². The fraction of sp³-hybridized carbons (Fsp3) is 0.422. The molecule has 0 radical (unpaired) electrons. The number of aromatic hydroxyl groups is 1. The normalized spacial score (nSPS) is 16.6. The number of benzene rings is 3. The van der Waals surface area contributed by atoms with Gasteiger partial charge in [0, 0.05) is 91.3 Å². The SMILES string of the molecule is CC(C)CC(NC(=O)C(Cc1c[nH]c2ccccc12)NC(=O)C(Cc1ccc(O)cc1)NC(=O)C(CO)NC(=O)C(Cc1c[nH]c2ccccc12)NC(=O)C(Cc1cnc[nH]1)NC(=O)C1CCC(=O)N1)C(=O)NC(CCCN=C(N)N)C(=O)N1CCCC1C(=O)NCC(N)=O. The Morgan fingerprint density at radius 2 is 1.18 bits per heavy atom. The van der Waals surface area contributed by atoms with Crippen molar-refractivity contribution in [2.45, 2.75) is 139 Å². The summed E-state index contributed by atoms with van der Waals surface area (Å²) < 4.78 is 0. The number of hydrogen-bond acceptors (Lipinski definition) is 15. The number of rotatable bonds is 33. The second kappa shape index (κ2) is 33.1. The van der Waals surface area contributed by atoms with Gasteiger partial charge in [0.25, 0.3) is 0 Å². The number of primary amides is 1. The number of imidazole rings is 1. The highest BCUT2D eigenvalue weighted by Gasteiger charge is 2.40. The number of hydrogen-bond donors (Lipinski definition) is 17. The van der Waals surface area contributed by atoms with Crippen LogP contribution in [-0.4, -0.2) is 187 Å². The minimum absolute atomic E-state index is 0.00905. The number of carbonyl (C=O) groups excluding carboxylic acids is 11. The van der Waals surface area contributed by atoms with Crippen LogP contribution in [0, 0.1) is 5.92 Å². The maximum atomic E-state index is 15.1. The summed E-state index contributed by atoms with van der Waals surface area (Å²) in [4.78, 5) is 172. The van der Waals surface area contributed by atoms with E-state index in [2.05, 4.69) is 72.8 Å². The van der Waals surface area contributed by atoms with E-state index in [1.807, 2.05) is 0 Å². The van der Waals surface area contributed by atoms with Crippen LogP contribution in [0.4, 0.5) is 0 Å². The van der Waals surface area contributed by atoms with E-state index in [-0.39, 0.29) is 101 Å². The number of nitrogens with one attached hydrogen (secondary N) is 12. The number of amides is 11. The van der Waals surface area contributed by atoms with Crippen LogP contribution in [0.3, 0.4) is 0 Å². The first-order chi connectivity index (χ1) is 45.5. The molecule has 2 saturated heterocycles. The lowest BCUT2D eigenvalue weighted by Crippen LogP contribution is -2.61. The number of aliphatic imine (C=N–C) groups is 1. The molecule has 31 heteroatoms. The van der Waals surface area contributed by atoms with E-state index >= 15 is 9.59 Å². The molecule has 0 aliphatic carbocycles. The number of nitrogens with zero attached hydrogens (tertiary/aromatic N) is 3. The number of carbonyl (C=O) groups is 11. The molecular formula is C64H82N18O13. The molecule has 11 amide bonds. The average molecular weight is 1310 g/mol. The van der Waals surface area contributed by atoms with Gasteiger partial charge in [-0.25, -0.2) is 4.98 Å². The summed E-state index contributed by atoms with van der Waals surface area (Å²) in [5, 5.41) is 46.5. The number of guanidine groups is 1. The van der Waals surface area contributed by atoms with Gasteiger partial charge in [-0.05, 0) is 85.4 Å². The molecule has 8 rings (SSSR count). The Bertz CT molecular complexity index is 3750. The number of phenols is 1. The van der Waals surface area contributed by atoms with Gasteiger partial charge in [0.05, 0.1) is 19.5 Å². The summed E-state index contributed by atoms with van der Waals surface area (Å²) in [5.74, 6) is -9.04. The van der Waals surface area contributed by atoms with E-state index in [1.165, 1.54) is 41.7 Å². The van der Waals surface area contributed by atoms with E-state index in [4.69, 9.17) is 17.2 Å². The summed E-state index contributed by atoms with van der Waals surface area (Å²) in [6, 6.07) is 7.78. The topological polar surface area (TPSA) is 490 Å². The average Bonchev–Trinajstić information content (AvgIpc) is 1.81. The molecule has 0 saturated carbocycles. The quantitative estimate of drug-likeness (QED) is 0.0117. The van der Waals surface area contributed by atoms with Crippen molar-refractivity contribution in [3.63, 3.8) is 0 Å². The highest BCUT2D eigenvalue weighted by atomic mass is 16.3. The molecule has 20 N–H and O–H groups in total. The van der Waals surface area contributed by atoms with Crippen molar-refractivity contribution in [2.75, 3.05) is 26.2 Å². The van der Waals surface area contributed by atoms with Crippen LogP contribution in [0.1, 0.15) is 81.2 Å². The zero-order chi connectivity index (χ0) is 68.3. The maximum absolute atomic E-state index is 15.1. The minimum atomic E-state index is -1.80. The summed E-state index contributed by atoms with van der Waals surface area (Å²) >= 11 is 0. The summed E-state index contributed by atoms with van der Waals surface area (Å²) in [7, 11) is 0. The number of para-hydroxylation sites is 2. The number of aromatic nitrogens is 4. The third-order valence-electron chi connectivity index (χ3n) is 16.4. The Labute approximate surface area is 545 Å². The molecule has 6 aromatic rings. The zero-order valence-corrected chi connectivity index (χ0v) is 52.6. The summed E-state index contributed by atoms with van der Waals surface area (Å²) in [5.41, 5.74) is 19.8. The largest absolute Gasteiger partial charge is 0.508 e. The Kier molecular flexibility index (Phi) is 24.4. The Morgan fingerprint density at radius 1 is 0.642 bits per heavy atom. The summed E-state index contributed by atoms with van der Waals surface area (Å²) in [6.45, 7) is 2.33. The molecular weight excluding hydrogens is 1230 g/mol. The van der Waals surface area contributed by atoms with Crippen molar-refractivity contribution in [3.8, 4) is 5.75 Å². The molecule has 3 aromatic carbocycles. The minimum Gasteiger partial charge on any atom is -0.508 e. The van der Waals surface area contributed by atoms with Gasteiger partial charge < -0.3 is 95.1 Å². The van der Waals surface area contributed by atoms with Crippen LogP contribution in [0.15, 0.2) is 103 Å². The van der Waals surface area contributed by atoms with Gasteiger partial charge >= 0.3 is 0 Å². The Hall–Kier alpha value is -10.8. The number of aliphatic hydroxyl groups excluding tert-OH is 1. The monoisotopic (exact) mass is 1310 g/mol. The van der Waals surface area contributed by atoms with Gasteiger partial charge in [0.15, 0.2) is 5.96 Å². The fourth-order valence-corrected chi connectivity index (χ4v) is 11.5. The molecule has 31 nitrogen and oxygen atoms in total. The molecule has 2 aliphatic rings. The van der Waals surface area contributed by atoms with Gasteiger partial charge in [-0.3, -0.25) is 57.7 Å². The first-order valence-corrected chi connectivity index (χ1v) is 31.3. The lowest BCUT2D eigenvalue weighted by molar-refractivity contribution is -0.142. The van der Waals surface area contributed by atoms with E-state index in [0.29, 0.717) is 50.6 Å². The predicted molar refractivity (Wildman–Crippen MR) is 346 cm³/mol. The van der Waals surface area contributed by atoms with Crippen LogP contribution in [0.25, 0.3) is 21.8 Å². The van der Waals surface area contributed by atoms with Crippen LogP contribution in [0.2, 0.25) is 0 Å². The van der Waals surface area contributed by atoms with Gasteiger partial charge in [0.1, 0.15) is 60.1 Å². The number of aromatic amines is 3. The van der Waals surface area contributed by atoms with Crippen LogP contribution in [0.5, 0.6) is 5.75 Å². The number of phenolic OH excluding ortho intramolecular Hbond substituents is 1. The van der Waals surface area contributed by atoms with Crippen molar-refractivity contribution >= 4 is 92.7 Å². The first kappa shape index (κ1) is 70.0. The van der Waals surface area contributed by atoms with E-state index in [9.17, 15) is 53.4 Å². The molecule has 0 spiro atoms. The van der Waals surface area contributed by atoms with Crippen LogP contribution >= 0.6 is 0 Å². The number of aliphatic hydroxyl groups is 1. The third kappa shape index (κ3) is 19.6. The Balaban J connectivity index is 1.05. The smallest absolute Gasteiger partial charge is 0.245 e. The van der Waals surface area contributed by atoms with Crippen LogP contribution < -0.4 is 65.1 Å². The van der Waals surface area contributed by atoms with Crippen molar-refractivity contribution in [1.82, 2.24) is 72.7 Å². The highest BCUT2D eigenvalue weighted by Crippen LogP contribution is 2.24. The van der Waals surface area contributed by atoms with Crippen molar-refractivity contribution in [1.29, 1.82) is 0 Å². The molecule has 9 unspecified atom stereocenters. The molecule has 2 fully saturated rings. The lowest BCUT2D eigenvalue weighted by Gasteiger charge is -2.30. The number of likely N-dealkylation sites (tertiary alicyclic amines) is 1. The van der Waals surface area contributed by atoms with E-state index in [1.54, 1.807) is 74.8 Å². The molecule has 2 aliphatic heterocycles. The standard InChI is InChI=1S/C64H82N18O13/c1-34(2)23-46(56(88)75-45(13-7-21-69-64(66)67)63(95)82-22-8-14-52(82)62(94)72-31-53(65)85)76-58(90)48(25-36-28-70-42-11-5-3-9-40(36)42)78-57(89)47(24-35-15-17-39(84)18-16-35)77-61(93)51(32-83)81-59(91)49(26-37-29-71-43-12-6-4-10-41(37)43)79-60(92)50(27-38-30-68-33-73-38)80-55(87)44-19-20-54(86)74-44/h3-6,9-12,15-18,28-30,33-34,44-52,70-71,83-84H,7-8,13-14,19-27,31-32H2,1-2H3,(H2,65,85)(H,68,73)(H,72,94)(H,74,86)(H,75,88)(H,76,90)(H,77,93)(H,78,89)(H,79,92)(H,80,87)(H,81,91)(H4,66,67,69). The number of H-pyrrole nitrogens is 3. The Morgan fingerprint density at radius 3 is 1.72 bits per heavy atom. The van der Waals surface area contributed by atoms with Gasteiger partial charge in [-0.2, -0.15) is 0 Å². The molecule has 3 aromatic heterocycles. The summed E-state index contributed by atoms with van der Waals surface area (Å²) in [6.07, 6.45) is 6.51. The number of fused-ring (bicyclic) bond motifs is 2. The van der Waals surface area contributed by atoms with Gasteiger partial charge in [-0.1, -0.05) is 62.4 Å². The molecule has 9 atom stereocenters. The van der Waals surface area contributed by atoms with Gasteiger partial charge in [-0.15, -0.1) is 0 Å². The van der Waals surface area contributed by atoms with E-state index < -0.39 is 127 Å². The van der Waals surface area contributed by atoms with Crippen molar-refractivity contribution in [2.24, 2.45) is 28.1 Å². The fourth-order valence-electron chi connectivity index (χ4n) is 11.5. The highest BCUT2D eigenvalue weighted by molar-refractivity contribution is 6.00. The predicted octanol–water partition coefficient (Wildman–Crippen LogP) is -2.29. The second-order valence-electron chi connectivity index (χ2n) is 24.0. The molecule has 0 bridgehead atoms. The van der Waals surface area contributed by atoms with Crippen LogP contribution in [-0.2, 0) is 78.4 Å². The number of nitrogens with two attached hydrogens (primary N) is 3. The molecule has 506 valence electrons. The maximum Gasteiger partial charge on any atom is 0.245 e. The molecule has 5 heterocycles. The van der Waals surface area contributed by atoms with Crippen molar-refractivity contribution in [3.05, 3.63) is 120 Å². The first-order valence-electron chi connectivity index (χ1n) is 31.3. The van der Waals surface area contributed by atoms with E-state index in [0.717, 1.165) is 0 Å².